The zero-order valence-electron chi connectivity index (χ0n) is 19.6. The number of amides is 1. The molecule has 3 aromatic rings. The highest BCUT2D eigenvalue weighted by Gasteiger charge is 2.37. The SMILES string of the molecule is Cc1ccc(S(=O)(=O)N2CC(C(=O)Nc3cccc(OC(C)C)c3)Oc3cc(C)ccc32)cc1. The van der Waals surface area contributed by atoms with E-state index in [1.165, 1.54) is 4.31 Å². The van der Waals surface area contributed by atoms with Crippen molar-refractivity contribution in [2.45, 2.75) is 44.8 Å². The Balaban J connectivity index is 1.64. The first-order valence-corrected chi connectivity index (χ1v) is 12.5. The van der Waals surface area contributed by atoms with E-state index in [9.17, 15) is 13.2 Å². The first kappa shape index (κ1) is 23.6. The van der Waals surface area contributed by atoms with Gasteiger partial charge in [-0.15, -0.1) is 0 Å². The first-order chi connectivity index (χ1) is 16.1. The minimum Gasteiger partial charge on any atom is -0.491 e. The van der Waals surface area contributed by atoms with Crippen LogP contribution in [0.2, 0.25) is 0 Å². The van der Waals surface area contributed by atoms with Crippen LogP contribution in [-0.2, 0) is 14.8 Å². The zero-order valence-corrected chi connectivity index (χ0v) is 20.4. The second-order valence-electron chi connectivity index (χ2n) is 8.61. The van der Waals surface area contributed by atoms with Gasteiger partial charge in [0.25, 0.3) is 15.9 Å². The Kier molecular flexibility index (Phi) is 6.52. The van der Waals surface area contributed by atoms with Gasteiger partial charge >= 0.3 is 0 Å². The van der Waals surface area contributed by atoms with Crippen LogP contribution in [0.5, 0.6) is 11.5 Å². The van der Waals surface area contributed by atoms with Gasteiger partial charge in [-0.3, -0.25) is 9.10 Å². The molecule has 178 valence electrons. The lowest BCUT2D eigenvalue weighted by atomic mass is 10.1. The molecule has 0 spiro atoms. The molecule has 0 aliphatic carbocycles. The van der Waals surface area contributed by atoms with E-state index in [1.54, 1.807) is 54.6 Å². The topological polar surface area (TPSA) is 84.9 Å². The van der Waals surface area contributed by atoms with E-state index in [0.717, 1.165) is 11.1 Å². The van der Waals surface area contributed by atoms with Crippen molar-refractivity contribution >= 4 is 27.3 Å². The number of ether oxygens (including phenoxy) is 2. The fraction of sp³-hybridized carbons (Fsp3) is 0.269. The van der Waals surface area contributed by atoms with E-state index < -0.39 is 22.0 Å². The summed E-state index contributed by atoms with van der Waals surface area (Å²) in [4.78, 5) is 13.3. The van der Waals surface area contributed by atoms with Crippen molar-refractivity contribution in [3.63, 3.8) is 0 Å². The number of aryl methyl sites for hydroxylation is 2. The molecule has 0 bridgehead atoms. The summed E-state index contributed by atoms with van der Waals surface area (Å²) in [6, 6.07) is 19.0. The molecule has 1 aliphatic rings. The van der Waals surface area contributed by atoms with Crippen LogP contribution in [-0.4, -0.2) is 33.1 Å². The van der Waals surface area contributed by atoms with E-state index in [0.29, 0.717) is 22.9 Å². The van der Waals surface area contributed by atoms with Crippen molar-refractivity contribution in [1.82, 2.24) is 0 Å². The number of sulfonamides is 1. The number of carbonyl (C=O) groups is 1. The van der Waals surface area contributed by atoms with E-state index in [4.69, 9.17) is 9.47 Å². The molecule has 1 N–H and O–H groups in total. The summed E-state index contributed by atoms with van der Waals surface area (Å²) in [6.07, 6.45) is -1.04. The summed E-state index contributed by atoms with van der Waals surface area (Å²) in [7, 11) is -3.91. The maximum Gasteiger partial charge on any atom is 0.267 e. The van der Waals surface area contributed by atoms with Crippen molar-refractivity contribution in [3.8, 4) is 11.5 Å². The van der Waals surface area contributed by atoms with Gasteiger partial charge in [0.05, 0.1) is 23.2 Å². The van der Waals surface area contributed by atoms with E-state index in [-0.39, 0.29) is 17.5 Å². The Labute approximate surface area is 200 Å². The minimum atomic E-state index is -3.91. The highest BCUT2D eigenvalue weighted by atomic mass is 32.2. The van der Waals surface area contributed by atoms with Crippen molar-refractivity contribution in [2.75, 3.05) is 16.2 Å². The number of hydrogen-bond acceptors (Lipinski definition) is 5. The molecule has 8 heteroatoms. The molecule has 34 heavy (non-hydrogen) atoms. The zero-order chi connectivity index (χ0) is 24.5. The van der Waals surface area contributed by atoms with Crippen LogP contribution in [0.1, 0.15) is 25.0 Å². The van der Waals surface area contributed by atoms with Gasteiger partial charge in [-0.1, -0.05) is 29.8 Å². The molecule has 0 fully saturated rings. The van der Waals surface area contributed by atoms with Crippen molar-refractivity contribution in [2.24, 2.45) is 0 Å². The third-order valence-corrected chi connectivity index (χ3v) is 7.15. The quantitative estimate of drug-likeness (QED) is 0.554. The lowest BCUT2D eigenvalue weighted by Gasteiger charge is -2.35. The molecule has 0 saturated carbocycles. The Morgan fingerprint density at radius 2 is 1.74 bits per heavy atom. The number of carbonyl (C=O) groups excluding carboxylic acids is 1. The fourth-order valence-corrected chi connectivity index (χ4v) is 5.18. The predicted octanol–water partition coefficient (Wildman–Crippen LogP) is 4.69. The lowest BCUT2D eigenvalue weighted by molar-refractivity contribution is -0.122. The normalized spacial score (nSPS) is 15.4. The summed E-state index contributed by atoms with van der Waals surface area (Å²) >= 11 is 0. The highest BCUT2D eigenvalue weighted by molar-refractivity contribution is 7.92. The summed E-state index contributed by atoms with van der Waals surface area (Å²) in [5, 5.41) is 2.82. The van der Waals surface area contributed by atoms with Crippen molar-refractivity contribution in [3.05, 3.63) is 77.9 Å². The monoisotopic (exact) mass is 480 g/mol. The Bertz CT molecular complexity index is 1300. The van der Waals surface area contributed by atoms with Gasteiger partial charge in [0, 0.05) is 11.8 Å². The summed E-state index contributed by atoms with van der Waals surface area (Å²) in [6.45, 7) is 7.46. The van der Waals surface area contributed by atoms with Gasteiger partial charge in [0.1, 0.15) is 11.5 Å². The molecular weight excluding hydrogens is 452 g/mol. The molecule has 0 aromatic heterocycles. The Morgan fingerprint density at radius 1 is 1.03 bits per heavy atom. The van der Waals surface area contributed by atoms with Crippen LogP contribution < -0.4 is 19.1 Å². The average molecular weight is 481 g/mol. The summed E-state index contributed by atoms with van der Waals surface area (Å²) < 4.78 is 40.0. The molecule has 0 radical (unpaired) electrons. The number of nitrogens with one attached hydrogen (secondary N) is 1. The molecule has 7 nitrogen and oxygen atoms in total. The van der Waals surface area contributed by atoms with Crippen molar-refractivity contribution < 1.29 is 22.7 Å². The van der Waals surface area contributed by atoms with E-state index >= 15 is 0 Å². The fourth-order valence-electron chi connectivity index (χ4n) is 3.70. The molecule has 1 heterocycles. The number of rotatable bonds is 6. The van der Waals surface area contributed by atoms with Gasteiger partial charge in [-0.2, -0.15) is 0 Å². The molecular formula is C26H28N2O5S. The number of nitrogens with zero attached hydrogens (tertiary/aromatic N) is 1. The van der Waals surface area contributed by atoms with Crippen molar-refractivity contribution in [1.29, 1.82) is 0 Å². The lowest BCUT2D eigenvalue weighted by Crippen LogP contribution is -2.48. The predicted molar refractivity (Wildman–Crippen MR) is 132 cm³/mol. The summed E-state index contributed by atoms with van der Waals surface area (Å²) in [5.74, 6) is 0.527. The molecule has 1 atom stereocenters. The first-order valence-electron chi connectivity index (χ1n) is 11.1. The van der Waals surface area contributed by atoms with Gasteiger partial charge in [0.2, 0.25) is 0 Å². The highest BCUT2D eigenvalue weighted by Crippen LogP contribution is 2.38. The molecule has 4 rings (SSSR count). The number of anilines is 2. The molecule has 1 unspecified atom stereocenters. The largest absolute Gasteiger partial charge is 0.491 e. The molecule has 3 aromatic carbocycles. The Hall–Kier alpha value is -3.52. The van der Waals surface area contributed by atoms with Crippen LogP contribution in [0.25, 0.3) is 0 Å². The third kappa shape index (κ3) is 5.02. The van der Waals surface area contributed by atoms with E-state index in [1.807, 2.05) is 39.8 Å². The van der Waals surface area contributed by atoms with Gasteiger partial charge in [0.15, 0.2) is 6.10 Å². The summed E-state index contributed by atoms with van der Waals surface area (Å²) in [5.41, 5.74) is 2.79. The molecule has 0 saturated heterocycles. The second kappa shape index (κ2) is 9.38. The van der Waals surface area contributed by atoms with Crippen LogP contribution in [0.3, 0.4) is 0 Å². The van der Waals surface area contributed by atoms with Gasteiger partial charge < -0.3 is 14.8 Å². The standard InChI is InChI=1S/C26H28N2O5S/c1-17(2)32-21-7-5-6-20(15-21)27-26(29)25-16-28(23-13-10-19(4)14-24(23)33-25)34(30,31)22-11-8-18(3)9-12-22/h5-15,17,25H,16H2,1-4H3,(H,27,29). The number of fused-ring (bicyclic) bond motifs is 1. The van der Waals surface area contributed by atoms with Crippen LogP contribution in [0, 0.1) is 13.8 Å². The van der Waals surface area contributed by atoms with Gasteiger partial charge in [-0.25, -0.2) is 8.42 Å². The maximum atomic E-state index is 13.5. The number of hydrogen-bond donors (Lipinski definition) is 1. The van der Waals surface area contributed by atoms with E-state index in [2.05, 4.69) is 5.32 Å². The number of benzene rings is 3. The third-order valence-electron chi connectivity index (χ3n) is 5.36. The minimum absolute atomic E-state index is 0.00657. The maximum absolute atomic E-state index is 13.5. The average Bonchev–Trinajstić information content (AvgIpc) is 2.78. The van der Waals surface area contributed by atoms with Crippen LogP contribution in [0.4, 0.5) is 11.4 Å². The molecule has 1 amide bonds. The van der Waals surface area contributed by atoms with Gasteiger partial charge in [-0.05, 0) is 69.7 Å². The van der Waals surface area contributed by atoms with Crippen LogP contribution >= 0.6 is 0 Å². The smallest absolute Gasteiger partial charge is 0.267 e. The molecule has 1 aliphatic heterocycles. The Morgan fingerprint density at radius 3 is 2.44 bits per heavy atom. The second-order valence-corrected chi connectivity index (χ2v) is 10.5. The van der Waals surface area contributed by atoms with Crippen LogP contribution in [0.15, 0.2) is 71.6 Å².